The molecule has 2 atom stereocenters. The summed E-state index contributed by atoms with van der Waals surface area (Å²) in [5.74, 6) is 0.281. The lowest BCUT2D eigenvalue weighted by atomic mass is 9.81. The predicted octanol–water partition coefficient (Wildman–Crippen LogP) is 3.83. The van der Waals surface area contributed by atoms with Gasteiger partial charge in [0.1, 0.15) is 5.60 Å². The second kappa shape index (κ2) is 7.24. The van der Waals surface area contributed by atoms with Crippen molar-refractivity contribution in [3.8, 4) is 0 Å². The Balaban J connectivity index is 2.06. The molecule has 1 aromatic rings. The zero-order valence-electron chi connectivity index (χ0n) is 15.2. The fourth-order valence-corrected chi connectivity index (χ4v) is 3.15. The summed E-state index contributed by atoms with van der Waals surface area (Å²) in [7, 11) is 1.39. The minimum absolute atomic E-state index is 0.254. The molecule has 0 aromatic heterocycles. The summed E-state index contributed by atoms with van der Waals surface area (Å²) in [6, 6.07) is 7.58. The minimum Gasteiger partial charge on any atom is -0.465 e. The molecule has 0 bridgehead atoms. The molecule has 0 N–H and O–H groups in total. The van der Waals surface area contributed by atoms with E-state index in [1.165, 1.54) is 7.11 Å². The Kier molecular flexibility index (Phi) is 5.52. The quantitative estimate of drug-likeness (QED) is 0.772. The molecule has 1 amide bonds. The van der Waals surface area contributed by atoms with Crippen LogP contribution in [0, 0.1) is 5.92 Å². The zero-order chi connectivity index (χ0) is 17.9. The third-order valence-corrected chi connectivity index (χ3v) is 4.29. The van der Waals surface area contributed by atoms with Gasteiger partial charge in [-0.25, -0.2) is 9.59 Å². The van der Waals surface area contributed by atoms with Crippen LogP contribution in [-0.4, -0.2) is 42.8 Å². The highest BCUT2D eigenvalue weighted by atomic mass is 16.6. The molecule has 0 saturated carbocycles. The first kappa shape index (κ1) is 18.3. The molecule has 0 spiro atoms. The maximum atomic E-state index is 12.2. The number of hydrogen-bond donors (Lipinski definition) is 0. The Morgan fingerprint density at radius 3 is 2.54 bits per heavy atom. The summed E-state index contributed by atoms with van der Waals surface area (Å²) in [4.78, 5) is 25.7. The van der Waals surface area contributed by atoms with E-state index in [-0.39, 0.29) is 12.1 Å². The topological polar surface area (TPSA) is 55.8 Å². The Labute approximate surface area is 143 Å². The molecule has 0 unspecified atom stereocenters. The van der Waals surface area contributed by atoms with Gasteiger partial charge in [0.25, 0.3) is 0 Å². The molecular formula is C19H27NO4. The van der Waals surface area contributed by atoms with E-state index < -0.39 is 5.60 Å². The van der Waals surface area contributed by atoms with Crippen molar-refractivity contribution in [2.45, 2.75) is 45.6 Å². The molecule has 1 fully saturated rings. The number of nitrogens with zero attached hydrogens (tertiary/aromatic N) is 1. The maximum absolute atomic E-state index is 12.2. The van der Waals surface area contributed by atoms with Gasteiger partial charge < -0.3 is 14.4 Å². The number of methoxy groups -OCH3 is 1. The molecule has 5 nitrogen and oxygen atoms in total. The number of esters is 1. The van der Waals surface area contributed by atoms with E-state index in [4.69, 9.17) is 9.47 Å². The van der Waals surface area contributed by atoms with E-state index in [0.717, 1.165) is 12.0 Å². The number of rotatable bonds is 2. The summed E-state index contributed by atoms with van der Waals surface area (Å²) < 4.78 is 10.2. The summed E-state index contributed by atoms with van der Waals surface area (Å²) in [6.07, 6.45) is 0.599. The van der Waals surface area contributed by atoms with Crippen LogP contribution in [0.15, 0.2) is 24.3 Å². The van der Waals surface area contributed by atoms with Crippen LogP contribution >= 0.6 is 0 Å². The van der Waals surface area contributed by atoms with Gasteiger partial charge in [-0.2, -0.15) is 0 Å². The number of hydrogen-bond acceptors (Lipinski definition) is 4. The molecule has 132 valence electrons. The van der Waals surface area contributed by atoms with Gasteiger partial charge in [0.05, 0.1) is 12.7 Å². The second-order valence-electron chi connectivity index (χ2n) is 7.42. The first-order chi connectivity index (χ1) is 11.2. The van der Waals surface area contributed by atoms with Gasteiger partial charge in [0, 0.05) is 13.1 Å². The standard InChI is InChI=1S/C19H27NO4/c1-13-12-20(18(22)24-19(2,3)4)10-9-16(13)14-7-6-8-15(11-14)17(21)23-5/h6-8,11,13,16H,9-10,12H2,1-5H3/t13-,16-/m0/s1. The number of piperidine rings is 1. The van der Waals surface area contributed by atoms with Crippen molar-refractivity contribution >= 4 is 12.1 Å². The largest absolute Gasteiger partial charge is 0.465 e. The number of ether oxygens (including phenoxy) is 2. The lowest BCUT2D eigenvalue weighted by Gasteiger charge is -2.37. The minimum atomic E-state index is -0.480. The van der Waals surface area contributed by atoms with Crippen molar-refractivity contribution in [3.63, 3.8) is 0 Å². The van der Waals surface area contributed by atoms with E-state index in [2.05, 4.69) is 6.92 Å². The number of benzene rings is 1. The molecule has 1 heterocycles. The van der Waals surface area contributed by atoms with Gasteiger partial charge in [-0.3, -0.25) is 0 Å². The molecule has 0 aliphatic carbocycles. The predicted molar refractivity (Wildman–Crippen MR) is 92.1 cm³/mol. The first-order valence-electron chi connectivity index (χ1n) is 8.37. The van der Waals surface area contributed by atoms with Crippen LogP contribution in [0.2, 0.25) is 0 Å². The van der Waals surface area contributed by atoms with Gasteiger partial charge >= 0.3 is 12.1 Å². The van der Waals surface area contributed by atoms with Crippen molar-refractivity contribution in [1.82, 2.24) is 4.90 Å². The molecule has 1 aromatic carbocycles. The molecule has 24 heavy (non-hydrogen) atoms. The van der Waals surface area contributed by atoms with E-state index in [0.29, 0.717) is 30.5 Å². The van der Waals surface area contributed by atoms with Crippen molar-refractivity contribution in [3.05, 3.63) is 35.4 Å². The van der Waals surface area contributed by atoms with Crippen LogP contribution in [0.25, 0.3) is 0 Å². The van der Waals surface area contributed by atoms with E-state index in [9.17, 15) is 9.59 Å². The number of carbonyl (C=O) groups is 2. The summed E-state index contributed by atoms with van der Waals surface area (Å²) in [5.41, 5.74) is 1.21. The Morgan fingerprint density at radius 1 is 1.25 bits per heavy atom. The Morgan fingerprint density at radius 2 is 1.96 bits per heavy atom. The number of likely N-dealkylation sites (tertiary alicyclic amines) is 1. The summed E-state index contributed by atoms with van der Waals surface area (Å²) >= 11 is 0. The smallest absolute Gasteiger partial charge is 0.410 e. The Hall–Kier alpha value is -2.04. The third kappa shape index (κ3) is 4.49. The van der Waals surface area contributed by atoms with Crippen molar-refractivity contribution in [2.24, 2.45) is 5.92 Å². The van der Waals surface area contributed by atoms with E-state index in [1.54, 1.807) is 11.0 Å². The second-order valence-corrected chi connectivity index (χ2v) is 7.42. The average Bonchev–Trinajstić information content (AvgIpc) is 2.52. The van der Waals surface area contributed by atoms with Crippen LogP contribution in [0.3, 0.4) is 0 Å². The molecular weight excluding hydrogens is 306 g/mol. The van der Waals surface area contributed by atoms with Gasteiger partial charge in [0.2, 0.25) is 0 Å². The van der Waals surface area contributed by atoms with Crippen molar-refractivity contribution in [2.75, 3.05) is 20.2 Å². The molecule has 1 aliphatic rings. The highest BCUT2D eigenvalue weighted by Gasteiger charge is 2.32. The normalized spacial score (nSPS) is 21.3. The van der Waals surface area contributed by atoms with Crippen LogP contribution in [0.1, 0.15) is 56.0 Å². The number of carbonyl (C=O) groups excluding carboxylic acids is 2. The maximum Gasteiger partial charge on any atom is 0.410 e. The van der Waals surface area contributed by atoms with Crippen LogP contribution in [-0.2, 0) is 9.47 Å². The monoisotopic (exact) mass is 333 g/mol. The molecule has 1 aliphatic heterocycles. The fraction of sp³-hybridized carbons (Fsp3) is 0.579. The molecule has 0 radical (unpaired) electrons. The SMILES string of the molecule is COC(=O)c1cccc([C@H]2CCN(C(=O)OC(C)(C)C)C[C@@H]2C)c1. The lowest BCUT2D eigenvalue weighted by Crippen LogP contribution is -2.44. The molecule has 2 rings (SSSR count). The molecule has 1 saturated heterocycles. The van der Waals surface area contributed by atoms with Crippen LogP contribution in [0.4, 0.5) is 4.79 Å². The highest BCUT2D eigenvalue weighted by molar-refractivity contribution is 5.89. The van der Waals surface area contributed by atoms with Crippen molar-refractivity contribution in [1.29, 1.82) is 0 Å². The third-order valence-electron chi connectivity index (χ3n) is 4.29. The van der Waals surface area contributed by atoms with Gasteiger partial charge in [-0.1, -0.05) is 19.1 Å². The van der Waals surface area contributed by atoms with Crippen molar-refractivity contribution < 1.29 is 19.1 Å². The Bertz CT molecular complexity index is 606. The van der Waals surface area contributed by atoms with Gasteiger partial charge in [-0.05, 0) is 56.7 Å². The summed E-state index contributed by atoms with van der Waals surface area (Å²) in [6.45, 7) is 9.07. The van der Waals surface area contributed by atoms with E-state index >= 15 is 0 Å². The van der Waals surface area contributed by atoms with Crippen LogP contribution in [0.5, 0.6) is 0 Å². The summed E-state index contributed by atoms with van der Waals surface area (Å²) in [5, 5.41) is 0. The number of amides is 1. The highest BCUT2D eigenvalue weighted by Crippen LogP contribution is 2.33. The van der Waals surface area contributed by atoms with Crippen LogP contribution < -0.4 is 0 Å². The average molecular weight is 333 g/mol. The zero-order valence-corrected chi connectivity index (χ0v) is 15.2. The molecule has 5 heteroatoms. The van der Waals surface area contributed by atoms with E-state index in [1.807, 2.05) is 39.0 Å². The van der Waals surface area contributed by atoms with Gasteiger partial charge in [-0.15, -0.1) is 0 Å². The van der Waals surface area contributed by atoms with Gasteiger partial charge in [0.15, 0.2) is 0 Å². The fourth-order valence-electron chi connectivity index (χ4n) is 3.15. The first-order valence-corrected chi connectivity index (χ1v) is 8.37. The lowest BCUT2D eigenvalue weighted by molar-refractivity contribution is 0.0155.